The van der Waals surface area contributed by atoms with E-state index in [9.17, 15) is 4.79 Å². The SMILES string of the molecule is CN1C(=C2SC(=Nc3ncn[nH]3)N(Cc3ccccc3)C2=O)Sc2ccccc21. The second kappa shape index (κ2) is 7.41. The molecule has 2 aliphatic rings. The van der Waals surface area contributed by atoms with Crippen LogP contribution in [0.25, 0.3) is 0 Å². The second-order valence-electron chi connectivity index (χ2n) is 6.45. The Kier molecular flexibility index (Phi) is 4.61. The molecule has 5 rings (SSSR count). The summed E-state index contributed by atoms with van der Waals surface area (Å²) in [5.74, 6) is 0.319. The van der Waals surface area contributed by atoms with E-state index in [4.69, 9.17) is 0 Å². The molecule has 1 fully saturated rings. The van der Waals surface area contributed by atoms with Gasteiger partial charge in [0.15, 0.2) is 5.17 Å². The van der Waals surface area contributed by atoms with Crippen molar-refractivity contribution >= 4 is 46.2 Å². The van der Waals surface area contributed by atoms with E-state index >= 15 is 0 Å². The number of nitrogens with zero attached hydrogens (tertiary/aromatic N) is 5. The van der Waals surface area contributed by atoms with Crippen LogP contribution in [0.5, 0.6) is 0 Å². The van der Waals surface area contributed by atoms with E-state index in [1.54, 1.807) is 16.7 Å². The Morgan fingerprint density at radius 2 is 1.86 bits per heavy atom. The minimum atomic E-state index is -0.0562. The normalized spacial score (nSPS) is 20.0. The Morgan fingerprint density at radius 3 is 2.62 bits per heavy atom. The Labute approximate surface area is 175 Å². The van der Waals surface area contributed by atoms with Crippen LogP contribution in [0.4, 0.5) is 11.6 Å². The molecule has 0 radical (unpaired) electrons. The summed E-state index contributed by atoms with van der Waals surface area (Å²) in [6, 6.07) is 18.0. The van der Waals surface area contributed by atoms with Gasteiger partial charge in [0.25, 0.3) is 5.91 Å². The van der Waals surface area contributed by atoms with E-state index in [0.29, 0.717) is 22.6 Å². The number of amidine groups is 1. The van der Waals surface area contributed by atoms with Gasteiger partial charge in [0.2, 0.25) is 5.95 Å². The Hall–Kier alpha value is -3.04. The Bertz CT molecular complexity index is 1130. The number of nitrogens with one attached hydrogen (secondary N) is 1. The molecule has 1 saturated heterocycles. The van der Waals surface area contributed by atoms with Gasteiger partial charge in [-0.2, -0.15) is 15.1 Å². The van der Waals surface area contributed by atoms with Gasteiger partial charge < -0.3 is 4.90 Å². The number of carbonyl (C=O) groups excluding carboxylic acids is 1. The molecule has 0 saturated carbocycles. The molecular weight excluding hydrogens is 404 g/mol. The van der Waals surface area contributed by atoms with Crippen LogP contribution in [0.3, 0.4) is 0 Å². The molecule has 144 valence electrons. The standard InChI is InChI=1S/C20H16N6OS2/c1-25-14-9-5-6-10-15(14)28-18(25)16-17(27)26(11-13-7-3-2-4-8-13)20(29-16)23-19-21-12-22-24-19/h2-10,12H,11H2,1H3,(H,21,22,24). The number of benzene rings is 2. The summed E-state index contributed by atoms with van der Waals surface area (Å²) in [4.78, 5) is 27.6. The van der Waals surface area contributed by atoms with E-state index in [1.807, 2.05) is 49.5 Å². The fraction of sp³-hybridized carbons (Fsp3) is 0.100. The number of carbonyl (C=O) groups is 1. The number of aliphatic imine (C=N–C) groups is 1. The van der Waals surface area contributed by atoms with Gasteiger partial charge in [-0.05, 0) is 29.5 Å². The van der Waals surface area contributed by atoms with Crippen LogP contribution in [-0.2, 0) is 11.3 Å². The minimum Gasteiger partial charge on any atom is -0.337 e. The first-order valence-electron chi connectivity index (χ1n) is 8.93. The summed E-state index contributed by atoms with van der Waals surface area (Å²) in [7, 11) is 1.99. The summed E-state index contributed by atoms with van der Waals surface area (Å²) < 4.78 is 0. The molecule has 0 spiro atoms. The molecule has 3 heterocycles. The molecule has 0 aliphatic carbocycles. The number of anilines is 1. The van der Waals surface area contributed by atoms with E-state index in [-0.39, 0.29) is 5.91 Å². The number of rotatable bonds is 3. The largest absolute Gasteiger partial charge is 0.337 e. The average molecular weight is 421 g/mol. The lowest BCUT2D eigenvalue weighted by molar-refractivity contribution is -0.122. The molecule has 3 aromatic rings. The number of aromatic amines is 1. The number of para-hydroxylation sites is 1. The lowest BCUT2D eigenvalue weighted by Crippen LogP contribution is -2.29. The van der Waals surface area contributed by atoms with Crippen LogP contribution >= 0.6 is 23.5 Å². The first kappa shape index (κ1) is 18.0. The van der Waals surface area contributed by atoms with Crippen LogP contribution in [0.1, 0.15) is 5.56 Å². The van der Waals surface area contributed by atoms with Crippen molar-refractivity contribution in [1.82, 2.24) is 20.1 Å². The van der Waals surface area contributed by atoms with Crippen LogP contribution in [0, 0.1) is 0 Å². The van der Waals surface area contributed by atoms with Gasteiger partial charge in [0, 0.05) is 11.9 Å². The molecule has 29 heavy (non-hydrogen) atoms. The van der Waals surface area contributed by atoms with Crippen molar-refractivity contribution in [1.29, 1.82) is 0 Å². The predicted octanol–water partition coefficient (Wildman–Crippen LogP) is 3.98. The molecule has 0 bridgehead atoms. The highest BCUT2D eigenvalue weighted by molar-refractivity contribution is 8.19. The molecule has 0 atom stereocenters. The van der Waals surface area contributed by atoms with Crippen LogP contribution in [-0.4, -0.2) is 38.2 Å². The molecule has 1 amide bonds. The van der Waals surface area contributed by atoms with Crippen LogP contribution in [0.2, 0.25) is 0 Å². The number of hydrogen-bond acceptors (Lipinski definition) is 7. The van der Waals surface area contributed by atoms with Crippen molar-refractivity contribution in [3.8, 4) is 0 Å². The van der Waals surface area contributed by atoms with Gasteiger partial charge >= 0.3 is 0 Å². The van der Waals surface area contributed by atoms with Gasteiger partial charge in [0.1, 0.15) is 11.2 Å². The highest BCUT2D eigenvalue weighted by atomic mass is 32.2. The van der Waals surface area contributed by atoms with Gasteiger partial charge in [-0.15, -0.1) is 0 Å². The summed E-state index contributed by atoms with van der Waals surface area (Å²) in [5, 5.41) is 8.09. The third kappa shape index (κ3) is 3.32. The predicted molar refractivity (Wildman–Crippen MR) is 116 cm³/mol. The molecule has 7 nitrogen and oxygen atoms in total. The molecule has 2 aromatic carbocycles. The van der Waals surface area contributed by atoms with Crippen LogP contribution in [0.15, 0.2) is 80.7 Å². The van der Waals surface area contributed by atoms with Crippen LogP contribution < -0.4 is 4.90 Å². The van der Waals surface area contributed by atoms with Gasteiger partial charge in [0.05, 0.1) is 17.3 Å². The Morgan fingerprint density at radius 1 is 1.07 bits per heavy atom. The van der Waals surface area contributed by atoms with E-state index < -0.39 is 0 Å². The van der Waals surface area contributed by atoms with E-state index in [2.05, 4.69) is 37.2 Å². The van der Waals surface area contributed by atoms with E-state index in [0.717, 1.165) is 21.2 Å². The first-order valence-corrected chi connectivity index (χ1v) is 10.6. The first-order chi connectivity index (χ1) is 14.2. The smallest absolute Gasteiger partial charge is 0.269 e. The summed E-state index contributed by atoms with van der Waals surface area (Å²) >= 11 is 2.98. The Balaban J connectivity index is 1.55. The van der Waals surface area contributed by atoms with Crippen molar-refractivity contribution < 1.29 is 4.79 Å². The average Bonchev–Trinajstić information content (AvgIpc) is 3.44. The van der Waals surface area contributed by atoms with Crippen molar-refractivity contribution in [2.45, 2.75) is 11.4 Å². The topological polar surface area (TPSA) is 77.5 Å². The highest BCUT2D eigenvalue weighted by Gasteiger charge is 2.39. The molecule has 1 N–H and O–H groups in total. The molecular formula is C20H16N6OS2. The van der Waals surface area contributed by atoms with Crippen molar-refractivity contribution in [2.24, 2.45) is 4.99 Å². The maximum absolute atomic E-state index is 13.4. The number of hydrogen-bond donors (Lipinski definition) is 1. The second-order valence-corrected chi connectivity index (χ2v) is 8.45. The third-order valence-electron chi connectivity index (χ3n) is 4.58. The highest BCUT2D eigenvalue weighted by Crippen LogP contribution is 2.50. The molecule has 9 heteroatoms. The summed E-state index contributed by atoms with van der Waals surface area (Å²) in [6.45, 7) is 0.442. The maximum atomic E-state index is 13.4. The minimum absolute atomic E-state index is 0.0562. The number of fused-ring (bicyclic) bond motifs is 1. The zero-order chi connectivity index (χ0) is 19.8. The number of aromatic nitrogens is 3. The van der Waals surface area contributed by atoms with Gasteiger partial charge in [-0.1, -0.05) is 54.2 Å². The maximum Gasteiger partial charge on any atom is 0.269 e. The molecule has 0 unspecified atom stereocenters. The lowest BCUT2D eigenvalue weighted by atomic mass is 10.2. The number of thioether (sulfide) groups is 2. The molecule has 2 aliphatic heterocycles. The lowest BCUT2D eigenvalue weighted by Gasteiger charge is -2.16. The third-order valence-corrected chi connectivity index (χ3v) is 7.02. The van der Waals surface area contributed by atoms with Crippen molar-refractivity contribution in [3.63, 3.8) is 0 Å². The van der Waals surface area contributed by atoms with Gasteiger partial charge in [-0.3, -0.25) is 9.69 Å². The number of amides is 1. The molecule has 1 aromatic heterocycles. The van der Waals surface area contributed by atoms with Gasteiger partial charge in [-0.25, -0.2) is 5.10 Å². The van der Waals surface area contributed by atoms with E-state index in [1.165, 1.54) is 18.1 Å². The van der Waals surface area contributed by atoms with Crippen molar-refractivity contribution in [2.75, 3.05) is 11.9 Å². The summed E-state index contributed by atoms with van der Waals surface area (Å²) in [6.07, 6.45) is 1.40. The van der Waals surface area contributed by atoms with Crippen molar-refractivity contribution in [3.05, 3.63) is 76.4 Å². The monoisotopic (exact) mass is 420 g/mol. The summed E-state index contributed by atoms with van der Waals surface area (Å²) in [5.41, 5.74) is 2.14. The zero-order valence-electron chi connectivity index (χ0n) is 15.4. The fourth-order valence-corrected chi connectivity index (χ4v) is 5.49. The quantitative estimate of drug-likeness (QED) is 0.646. The fourth-order valence-electron chi connectivity index (χ4n) is 3.17. The zero-order valence-corrected chi connectivity index (χ0v) is 17.1. The number of H-pyrrole nitrogens is 1.